The standard InChI is InChI=1S/2Ir.S2/c;;1-2/q2*+1;-2. The summed E-state index contributed by atoms with van der Waals surface area (Å²) >= 11 is 4.12. The minimum atomic E-state index is 1.77. The van der Waals surface area contributed by atoms with Gasteiger partial charge in [0.2, 0.25) is 0 Å². The Morgan fingerprint density at radius 2 is 1.25 bits per heavy atom. The molecule has 0 aromatic carbocycles. The van der Waals surface area contributed by atoms with Crippen LogP contribution in [0.4, 0.5) is 0 Å². The fourth-order valence-corrected chi connectivity index (χ4v) is 0. The first-order valence-electron chi connectivity index (χ1n) is 0.439. The van der Waals surface area contributed by atoms with E-state index in [-0.39, 0.29) is 0 Å². The molecule has 0 atom stereocenters. The van der Waals surface area contributed by atoms with Gasteiger partial charge in [0.05, 0.1) is 0 Å². The monoisotopic (exact) mass is 450 g/mol. The third-order valence-electron chi connectivity index (χ3n) is 0.0185. The van der Waals surface area contributed by atoms with Crippen molar-refractivity contribution in [2.75, 3.05) is 0 Å². The Hall–Kier alpha value is 2.00. The summed E-state index contributed by atoms with van der Waals surface area (Å²) in [5.41, 5.74) is 0. The minimum absolute atomic E-state index is 1.77. The zero-order valence-electron chi connectivity index (χ0n) is 1.48. The Labute approximate surface area is 52.2 Å². The Morgan fingerprint density at radius 1 is 1.00 bits per heavy atom. The molecule has 0 saturated carbocycles. The summed E-state index contributed by atoms with van der Waals surface area (Å²) in [4.78, 5) is 0. The Morgan fingerprint density at radius 3 is 1.25 bits per heavy atom. The van der Waals surface area contributed by atoms with Crippen molar-refractivity contribution in [2.45, 2.75) is 0 Å². The summed E-state index contributed by atoms with van der Waals surface area (Å²) in [6, 6.07) is 0. The average Bonchev–Trinajstić information content (AvgIpc) is 1.37. The van der Waals surface area contributed by atoms with Crippen LogP contribution in [0.3, 0.4) is 0 Å². The van der Waals surface area contributed by atoms with E-state index in [1.54, 1.807) is 17.3 Å². The van der Waals surface area contributed by atoms with Crippen LogP contribution >= 0.6 is 17.3 Å². The topological polar surface area (TPSA) is 0 Å². The van der Waals surface area contributed by atoms with Gasteiger partial charge in [-0.3, -0.25) is 0 Å². The van der Waals surface area contributed by atoms with Crippen molar-refractivity contribution in [1.82, 2.24) is 0 Å². The van der Waals surface area contributed by atoms with Gasteiger partial charge in [-0.2, -0.15) is 0 Å². The van der Waals surface area contributed by atoms with Crippen LogP contribution in [-0.2, 0) is 35.3 Å². The van der Waals surface area contributed by atoms with Gasteiger partial charge >= 0.3 is 52.7 Å². The van der Waals surface area contributed by atoms with Gasteiger partial charge in [-0.1, -0.05) is 0 Å². The zero-order chi connectivity index (χ0) is 3.41. The van der Waals surface area contributed by atoms with Gasteiger partial charge in [0.15, 0.2) is 0 Å². The number of rotatable bonds is 1. The summed E-state index contributed by atoms with van der Waals surface area (Å²) in [6.07, 6.45) is 0. The summed E-state index contributed by atoms with van der Waals surface area (Å²) in [5, 5.41) is 0. The summed E-state index contributed by atoms with van der Waals surface area (Å²) in [6.45, 7) is 0. The van der Waals surface area contributed by atoms with Gasteiger partial charge in [0.1, 0.15) is 0 Å². The van der Waals surface area contributed by atoms with Crippen molar-refractivity contribution in [3.05, 3.63) is 0 Å². The van der Waals surface area contributed by atoms with Crippen molar-refractivity contribution in [3.63, 3.8) is 0 Å². The van der Waals surface area contributed by atoms with E-state index >= 15 is 0 Å². The van der Waals surface area contributed by atoms with Crippen LogP contribution < -0.4 is 0 Å². The van der Waals surface area contributed by atoms with E-state index < -0.39 is 0 Å². The SMILES string of the molecule is [Ir][S][S][Ir]. The Kier molecular flexibility index (Phi) is 7.50. The van der Waals surface area contributed by atoms with E-state index in [2.05, 4.69) is 35.3 Å². The second-order valence-electron chi connectivity index (χ2n) is 0.111. The quantitative estimate of drug-likeness (QED) is 0.555. The van der Waals surface area contributed by atoms with E-state index in [1.807, 2.05) is 0 Å². The Balaban J connectivity index is 1.97. The van der Waals surface area contributed by atoms with Crippen LogP contribution in [0.25, 0.3) is 0 Å². The van der Waals surface area contributed by atoms with Crippen molar-refractivity contribution < 1.29 is 35.3 Å². The van der Waals surface area contributed by atoms with E-state index in [0.29, 0.717) is 0 Å². The van der Waals surface area contributed by atoms with Crippen molar-refractivity contribution in [2.24, 2.45) is 0 Å². The second kappa shape index (κ2) is 5.00. The predicted octanol–water partition coefficient (Wildman–Crippen LogP) is 1.29. The zero-order valence-corrected chi connectivity index (χ0v) is 7.91. The van der Waals surface area contributed by atoms with Gasteiger partial charge in [-0.25, -0.2) is 0 Å². The first-order chi connectivity index (χ1) is 1.91. The fraction of sp³-hybridized carbons (Fsp3) is 0. The van der Waals surface area contributed by atoms with Gasteiger partial charge < -0.3 is 0 Å². The van der Waals surface area contributed by atoms with Gasteiger partial charge in [-0.15, -0.1) is 0 Å². The van der Waals surface area contributed by atoms with Gasteiger partial charge in [0, 0.05) is 0 Å². The van der Waals surface area contributed by atoms with Crippen LogP contribution in [0.15, 0.2) is 0 Å². The van der Waals surface area contributed by atoms with Crippen molar-refractivity contribution in [1.29, 1.82) is 0 Å². The molecule has 0 aliphatic rings. The molecular formula is Ir2S2. The molecule has 0 heterocycles. The molecule has 0 unspecified atom stereocenters. The van der Waals surface area contributed by atoms with Crippen molar-refractivity contribution in [3.8, 4) is 0 Å². The molecule has 0 radical (unpaired) electrons. The van der Waals surface area contributed by atoms with Crippen LogP contribution in [0.2, 0.25) is 0 Å². The fourth-order valence-electron chi connectivity index (χ4n) is 0. The van der Waals surface area contributed by atoms with Gasteiger partial charge in [0.25, 0.3) is 0 Å². The average molecular weight is 449 g/mol. The predicted molar refractivity (Wildman–Crippen MR) is 15.2 cm³/mol. The van der Waals surface area contributed by atoms with Crippen molar-refractivity contribution >= 4 is 17.3 Å². The molecule has 4 heavy (non-hydrogen) atoms. The molecular weight excluding hydrogens is 449 g/mol. The first-order valence-corrected chi connectivity index (χ1v) is 8.18. The summed E-state index contributed by atoms with van der Waals surface area (Å²) < 4.78 is 0. The molecule has 0 aromatic rings. The summed E-state index contributed by atoms with van der Waals surface area (Å²) in [7, 11) is 3.55. The molecule has 0 amide bonds. The van der Waals surface area contributed by atoms with Gasteiger partial charge in [-0.05, 0) is 0 Å². The van der Waals surface area contributed by atoms with E-state index in [9.17, 15) is 0 Å². The Bertz CT molecular complexity index is 6.00. The van der Waals surface area contributed by atoms with E-state index in [1.165, 1.54) is 0 Å². The molecule has 0 aliphatic carbocycles. The third kappa shape index (κ3) is 4.00. The molecule has 30 valence electrons. The maximum absolute atomic E-state index is 2.06. The number of hydrogen-bond acceptors (Lipinski definition) is 2. The summed E-state index contributed by atoms with van der Waals surface area (Å²) in [5.74, 6) is 0. The molecule has 0 fully saturated rings. The maximum atomic E-state index is 2.06. The molecule has 0 aliphatic heterocycles. The molecule has 0 aromatic heterocycles. The van der Waals surface area contributed by atoms with E-state index in [4.69, 9.17) is 0 Å². The third-order valence-corrected chi connectivity index (χ3v) is 11.2. The molecule has 0 N–H and O–H groups in total. The second-order valence-corrected chi connectivity index (χ2v) is 8.19. The molecule has 0 saturated heterocycles. The van der Waals surface area contributed by atoms with Crippen LogP contribution in [0.5, 0.6) is 0 Å². The van der Waals surface area contributed by atoms with Crippen LogP contribution in [0, 0.1) is 0 Å². The van der Waals surface area contributed by atoms with Crippen LogP contribution in [0.1, 0.15) is 0 Å². The van der Waals surface area contributed by atoms with Crippen LogP contribution in [-0.4, -0.2) is 0 Å². The molecule has 0 nitrogen and oxygen atoms in total. The normalized spacial score (nSPS) is 8.00. The van der Waals surface area contributed by atoms with E-state index in [0.717, 1.165) is 0 Å². The molecule has 4 heteroatoms. The molecule has 0 bridgehead atoms. The number of hydrogen-bond donors (Lipinski definition) is 0. The first kappa shape index (κ1) is 6.00. The molecule has 0 rings (SSSR count). The molecule has 0 spiro atoms.